The lowest BCUT2D eigenvalue weighted by molar-refractivity contribution is -0.0391. The van der Waals surface area contributed by atoms with Crippen molar-refractivity contribution < 1.29 is 4.74 Å². The van der Waals surface area contributed by atoms with Gasteiger partial charge in [0.15, 0.2) is 0 Å². The number of aromatic amines is 1. The summed E-state index contributed by atoms with van der Waals surface area (Å²) in [6, 6.07) is 0. The maximum atomic E-state index is 11.9. The average molecular weight is 261 g/mol. The highest BCUT2D eigenvalue weighted by Crippen LogP contribution is 2.32. The summed E-state index contributed by atoms with van der Waals surface area (Å²) >= 11 is 0. The first kappa shape index (κ1) is 12.4. The van der Waals surface area contributed by atoms with Crippen LogP contribution in [0.2, 0.25) is 0 Å². The molecule has 1 aliphatic rings. The van der Waals surface area contributed by atoms with Crippen molar-refractivity contribution in [1.29, 1.82) is 0 Å². The Labute approximate surface area is 111 Å². The second-order valence-electron chi connectivity index (χ2n) is 5.56. The maximum Gasteiger partial charge on any atom is 0.274 e. The van der Waals surface area contributed by atoms with E-state index in [2.05, 4.69) is 23.8 Å². The van der Waals surface area contributed by atoms with Gasteiger partial charge in [-0.15, -0.1) is 0 Å². The number of fused-ring (bicyclic) bond motifs is 1. The number of hydrogen-bond acceptors (Lipinski definition) is 3. The standard InChI is InChI=1S/C14H19N3O2/c1-8-7-17-12(14(18)16-8)6-15-13(17)11-4-9(2)19-10(3)5-11/h6-7,9-11H,4-5H2,1-3H3,(H,16,18). The van der Waals surface area contributed by atoms with Gasteiger partial charge in [-0.2, -0.15) is 0 Å². The van der Waals surface area contributed by atoms with Gasteiger partial charge < -0.3 is 9.72 Å². The van der Waals surface area contributed by atoms with Crippen molar-refractivity contribution in [2.24, 2.45) is 0 Å². The zero-order valence-electron chi connectivity index (χ0n) is 11.5. The smallest absolute Gasteiger partial charge is 0.274 e. The van der Waals surface area contributed by atoms with Gasteiger partial charge in [-0.25, -0.2) is 4.98 Å². The van der Waals surface area contributed by atoms with Gasteiger partial charge >= 0.3 is 0 Å². The molecule has 2 aromatic heterocycles. The Morgan fingerprint density at radius 2 is 2.05 bits per heavy atom. The number of imidazole rings is 1. The molecule has 0 bridgehead atoms. The lowest BCUT2D eigenvalue weighted by Gasteiger charge is -2.31. The molecule has 5 heteroatoms. The minimum atomic E-state index is -0.0769. The number of nitrogens with one attached hydrogen (secondary N) is 1. The Bertz CT molecular complexity index is 648. The zero-order chi connectivity index (χ0) is 13.6. The van der Waals surface area contributed by atoms with Gasteiger partial charge in [-0.05, 0) is 33.6 Å². The molecule has 102 valence electrons. The number of nitrogens with zero attached hydrogens (tertiary/aromatic N) is 2. The van der Waals surface area contributed by atoms with Crippen LogP contribution >= 0.6 is 0 Å². The normalized spacial score (nSPS) is 27.8. The van der Waals surface area contributed by atoms with Crippen molar-refractivity contribution >= 4 is 5.52 Å². The highest BCUT2D eigenvalue weighted by atomic mass is 16.5. The second kappa shape index (κ2) is 4.49. The molecule has 19 heavy (non-hydrogen) atoms. The Morgan fingerprint density at radius 1 is 1.37 bits per heavy atom. The van der Waals surface area contributed by atoms with Gasteiger partial charge in [-0.3, -0.25) is 9.20 Å². The van der Waals surface area contributed by atoms with E-state index in [4.69, 9.17) is 4.74 Å². The second-order valence-corrected chi connectivity index (χ2v) is 5.56. The van der Waals surface area contributed by atoms with Crippen molar-refractivity contribution in [2.45, 2.75) is 51.7 Å². The molecule has 0 amide bonds. The van der Waals surface area contributed by atoms with Gasteiger partial charge in [0.25, 0.3) is 5.56 Å². The molecule has 3 rings (SSSR count). The molecule has 2 atom stereocenters. The number of aromatic nitrogens is 3. The molecule has 0 saturated carbocycles. The van der Waals surface area contributed by atoms with E-state index in [-0.39, 0.29) is 17.8 Å². The predicted octanol–water partition coefficient (Wildman–Crippen LogP) is 2.00. The van der Waals surface area contributed by atoms with Crippen LogP contribution in [-0.2, 0) is 4.74 Å². The van der Waals surface area contributed by atoms with E-state index in [1.54, 1.807) is 6.20 Å². The third kappa shape index (κ3) is 2.18. The van der Waals surface area contributed by atoms with E-state index in [1.165, 1.54) is 0 Å². The van der Waals surface area contributed by atoms with E-state index >= 15 is 0 Å². The quantitative estimate of drug-likeness (QED) is 0.854. The van der Waals surface area contributed by atoms with Gasteiger partial charge in [0.1, 0.15) is 11.3 Å². The highest BCUT2D eigenvalue weighted by Gasteiger charge is 2.28. The minimum absolute atomic E-state index is 0.0769. The summed E-state index contributed by atoms with van der Waals surface area (Å²) in [6.45, 7) is 6.08. The van der Waals surface area contributed by atoms with Crippen LogP contribution in [0.5, 0.6) is 0 Å². The fourth-order valence-electron chi connectivity index (χ4n) is 3.07. The lowest BCUT2D eigenvalue weighted by atomic mass is 9.92. The lowest BCUT2D eigenvalue weighted by Crippen LogP contribution is -2.29. The largest absolute Gasteiger partial charge is 0.376 e. The number of aryl methyl sites for hydroxylation is 1. The van der Waals surface area contributed by atoms with Crippen molar-refractivity contribution in [2.75, 3.05) is 0 Å². The summed E-state index contributed by atoms with van der Waals surface area (Å²) in [5, 5.41) is 0. The van der Waals surface area contributed by atoms with E-state index < -0.39 is 0 Å². The maximum absolute atomic E-state index is 11.9. The first-order valence-electron chi connectivity index (χ1n) is 6.77. The summed E-state index contributed by atoms with van der Waals surface area (Å²) in [6.07, 6.45) is 6.00. The topological polar surface area (TPSA) is 59.4 Å². The van der Waals surface area contributed by atoms with Crippen LogP contribution in [0.15, 0.2) is 17.2 Å². The molecule has 3 heterocycles. The van der Waals surface area contributed by atoms with Gasteiger partial charge in [0.05, 0.1) is 18.4 Å². The number of hydrogen-bond donors (Lipinski definition) is 1. The summed E-state index contributed by atoms with van der Waals surface area (Å²) in [7, 11) is 0. The Hall–Kier alpha value is -1.62. The summed E-state index contributed by atoms with van der Waals surface area (Å²) in [5.74, 6) is 1.33. The molecule has 0 aliphatic carbocycles. The minimum Gasteiger partial charge on any atom is -0.376 e. The van der Waals surface area contributed by atoms with E-state index in [0.717, 1.165) is 24.4 Å². The molecular weight excluding hydrogens is 242 g/mol. The van der Waals surface area contributed by atoms with Gasteiger partial charge in [0.2, 0.25) is 0 Å². The van der Waals surface area contributed by atoms with Gasteiger partial charge in [-0.1, -0.05) is 0 Å². The summed E-state index contributed by atoms with van der Waals surface area (Å²) in [5.41, 5.74) is 1.39. The third-order valence-corrected chi connectivity index (χ3v) is 3.75. The van der Waals surface area contributed by atoms with Crippen LogP contribution in [0, 0.1) is 6.92 Å². The summed E-state index contributed by atoms with van der Waals surface area (Å²) in [4.78, 5) is 19.2. The predicted molar refractivity (Wildman–Crippen MR) is 72.5 cm³/mol. The van der Waals surface area contributed by atoms with Crippen LogP contribution in [-0.4, -0.2) is 26.6 Å². The Balaban J connectivity index is 2.08. The molecule has 2 unspecified atom stereocenters. The molecule has 0 radical (unpaired) electrons. The highest BCUT2D eigenvalue weighted by molar-refractivity contribution is 5.44. The number of H-pyrrole nitrogens is 1. The summed E-state index contributed by atoms with van der Waals surface area (Å²) < 4.78 is 7.70. The first-order valence-corrected chi connectivity index (χ1v) is 6.77. The van der Waals surface area contributed by atoms with Gasteiger partial charge in [0, 0.05) is 17.8 Å². The molecular formula is C14H19N3O2. The fraction of sp³-hybridized carbons (Fsp3) is 0.571. The third-order valence-electron chi connectivity index (χ3n) is 3.75. The van der Waals surface area contributed by atoms with Crippen molar-refractivity contribution in [3.63, 3.8) is 0 Å². The molecule has 1 aliphatic heterocycles. The molecule has 2 aromatic rings. The molecule has 0 spiro atoms. The van der Waals surface area contributed by atoms with Crippen molar-refractivity contribution in [3.05, 3.63) is 34.3 Å². The van der Waals surface area contributed by atoms with E-state index in [0.29, 0.717) is 11.4 Å². The number of rotatable bonds is 1. The number of ether oxygens (including phenoxy) is 1. The average Bonchev–Trinajstić information content (AvgIpc) is 2.71. The molecule has 5 nitrogen and oxygen atoms in total. The van der Waals surface area contributed by atoms with Crippen LogP contribution < -0.4 is 5.56 Å². The monoisotopic (exact) mass is 261 g/mol. The zero-order valence-corrected chi connectivity index (χ0v) is 11.5. The van der Waals surface area contributed by atoms with E-state index in [1.807, 2.05) is 17.5 Å². The van der Waals surface area contributed by atoms with Crippen LogP contribution in [0.25, 0.3) is 5.52 Å². The Morgan fingerprint density at radius 3 is 2.74 bits per heavy atom. The molecule has 1 N–H and O–H groups in total. The van der Waals surface area contributed by atoms with Crippen LogP contribution in [0.4, 0.5) is 0 Å². The SMILES string of the molecule is Cc1cn2c(C3CC(C)OC(C)C3)ncc2c(=O)[nH]1. The van der Waals surface area contributed by atoms with Crippen LogP contribution in [0.1, 0.15) is 44.1 Å². The molecule has 1 saturated heterocycles. The fourth-order valence-corrected chi connectivity index (χ4v) is 3.07. The molecule has 0 aromatic carbocycles. The first-order chi connectivity index (χ1) is 9.04. The molecule has 1 fully saturated rings. The van der Waals surface area contributed by atoms with Crippen molar-refractivity contribution in [3.8, 4) is 0 Å². The van der Waals surface area contributed by atoms with Crippen molar-refractivity contribution in [1.82, 2.24) is 14.4 Å². The van der Waals surface area contributed by atoms with E-state index in [9.17, 15) is 4.79 Å². The Kier molecular flexibility index (Phi) is 2.93. The van der Waals surface area contributed by atoms with Crippen LogP contribution in [0.3, 0.4) is 0 Å².